The van der Waals surface area contributed by atoms with Crippen LogP contribution in [0, 0.1) is 6.92 Å². The molecule has 0 saturated heterocycles. The number of hydrogen-bond donors (Lipinski definition) is 3. The average molecular weight is 518 g/mol. The van der Waals surface area contributed by atoms with Gasteiger partial charge in [-0.25, -0.2) is 0 Å². The molecule has 0 aliphatic rings. The van der Waals surface area contributed by atoms with E-state index in [0.29, 0.717) is 23.0 Å². The number of rotatable bonds is 11. The van der Waals surface area contributed by atoms with Crippen LogP contribution < -0.4 is 31.2 Å². The Morgan fingerprint density at radius 2 is 1.92 bits per heavy atom. The molecule has 36 heavy (non-hydrogen) atoms. The van der Waals surface area contributed by atoms with Crippen LogP contribution in [0.25, 0.3) is 0 Å². The van der Waals surface area contributed by atoms with E-state index in [4.69, 9.17) is 30.1 Å². The topological polar surface area (TPSA) is 172 Å². The normalized spacial score (nSPS) is 11.6. The van der Waals surface area contributed by atoms with E-state index < -0.39 is 23.8 Å². The average Bonchev–Trinajstić information content (AvgIpc) is 3.46. The van der Waals surface area contributed by atoms with Gasteiger partial charge >= 0.3 is 0 Å². The summed E-state index contributed by atoms with van der Waals surface area (Å²) < 4.78 is 25.6. The van der Waals surface area contributed by atoms with E-state index >= 15 is 0 Å². The van der Waals surface area contributed by atoms with Gasteiger partial charge < -0.3 is 35.4 Å². The molecule has 0 unspecified atom stereocenters. The van der Waals surface area contributed by atoms with Crippen LogP contribution in [0.2, 0.25) is 0 Å². The first-order valence-electron chi connectivity index (χ1n) is 10.7. The molecule has 0 aliphatic carbocycles. The molecule has 0 saturated carbocycles. The van der Waals surface area contributed by atoms with E-state index in [1.807, 2.05) is 0 Å². The number of furan rings is 1. The molecule has 192 valence electrons. The first-order valence-corrected chi connectivity index (χ1v) is 11.4. The minimum absolute atomic E-state index is 0.0911. The number of nitrogen functional groups attached to an aromatic ring is 1. The van der Waals surface area contributed by atoms with E-state index in [9.17, 15) is 14.4 Å². The number of nitrogens with two attached hydrogens (primary N) is 2. The largest absolute Gasteiger partial charge is 0.497 e. The van der Waals surface area contributed by atoms with Crippen LogP contribution in [-0.2, 0) is 9.53 Å². The van der Waals surface area contributed by atoms with Gasteiger partial charge in [-0.15, -0.1) is 0 Å². The number of carbonyl (C=O) groups excluding carboxylic acids is 3. The van der Waals surface area contributed by atoms with Gasteiger partial charge in [0.15, 0.2) is 11.7 Å². The van der Waals surface area contributed by atoms with Crippen LogP contribution in [0.3, 0.4) is 0 Å². The van der Waals surface area contributed by atoms with E-state index in [1.54, 1.807) is 31.2 Å². The number of aromatic nitrogens is 1. The first kappa shape index (κ1) is 26.5. The molecule has 3 rings (SSSR count). The highest BCUT2D eigenvalue weighted by molar-refractivity contribution is 7.09. The maximum atomic E-state index is 14.0. The van der Waals surface area contributed by atoms with Crippen LogP contribution in [0.15, 0.2) is 34.7 Å². The van der Waals surface area contributed by atoms with E-state index in [0.717, 1.165) is 4.90 Å². The second-order valence-corrected chi connectivity index (χ2v) is 8.26. The SMILES string of the molecule is COCCNC(=O)[C@H](c1ccc(C)o1)N(C(=O)c1snc(C(N)=O)c1N)c1cc(OC)ccc1OC. The molecule has 1 aromatic carbocycles. The number of primary amides is 1. The van der Waals surface area contributed by atoms with Gasteiger partial charge in [-0.1, -0.05) is 0 Å². The molecular weight excluding hydrogens is 490 g/mol. The van der Waals surface area contributed by atoms with Gasteiger partial charge in [0, 0.05) is 19.7 Å². The molecule has 13 heteroatoms. The van der Waals surface area contributed by atoms with Crippen LogP contribution in [-0.4, -0.2) is 56.6 Å². The summed E-state index contributed by atoms with van der Waals surface area (Å²) in [5, 5.41) is 2.74. The third kappa shape index (κ3) is 5.42. The van der Waals surface area contributed by atoms with Gasteiger partial charge in [0.1, 0.15) is 27.9 Å². The molecule has 0 fully saturated rings. The van der Waals surface area contributed by atoms with E-state index in [1.165, 1.54) is 27.4 Å². The molecule has 2 aromatic heterocycles. The zero-order chi connectivity index (χ0) is 26.4. The number of benzene rings is 1. The van der Waals surface area contributed by atoms with Crippen molar-refractivity contribution < 1.29 is 33.0 Å². The van der Waals surface area contributed by atoms with Gasteiger partial charge in [0.2, 0.25) is 0 Å². The van der Waals surface area contributed by atoms with Crippen molar-refractivity contribution in [2.24, 2.45) is 5.73 Å². The Labute approximate surface area is 211 Å². The number of ether oxygens (including phenoxy) is 3. The lowest BCUT2D eigenvalue weighted by Crippen LogP contribution is -2.44. The number of anilines is 2. The molecule has 0 radical (unpaired) electrons. The van der Waals surface area contributed by atoms with Crippen molar-refractivity contribution in [2.75, 3.05) is 45.1 Å². The maximum Gasteiger partial charge on any atom is 0.273 e. The van der Waals surface area contributed by atoms with Crippen LogP contribution in [0.5, 0.6) is 11.5 Å². The Bertz CT molecular complexity index is 1260. The van der Waals surface area contributed by atoms with Crippen molar-refractivity contribution in [1.82, 2.24) is 9.69 Å². The van der Waals surface area contributed by atoms with Crippen molar-refractivity contribution in [3.05, 3.63) is 52.4 Å². The lowest BCUT2D eigenvalue weighted by Gasteiger charge is -2.31. The maximum absolute atomic E-state index is 14.0. The predicted molar refractivity (Wildman–Crippen MR) is 132 cm³/mol. The number of amides is 3. The number of hydrogen-bond acceptors (Lipinski definition) is 10. The van der Waals surface area contributed by atoms with Crippen LogP contribution in [0.1, 0.15) is 37.7 Å². The Morgan fingerprint density at radius 1 is 1.17 bits per heavy atom. The van der Waals surface area contributed by atoms with Crippen molar-refractivity contribution in [3.8, 4) is 11.5 Å². The second-order valence-electron chi connectivity index (χ2n) is 7.49. The fraction of sp³-hybridized carbons (Fsp3) is 0.304. The summed E-state index contributed by atoms with van der Waals surface area (Å²) in [4.78, 5) is 40.4. The lowest BCUT2D eigenvalue weighted by atomic mass is 10.1. The van der Waals surface area contributed by atoms with Gasteiger partial charge in [-0.05, 0) is 42.7 Å². The molecule has 5 N–H and O–H groups in total. The minimum Gasteiger partial charge on any atom is -0.497 e. The fourth-order valence-corrected chi connectivity index (χ4v) is 4.18. The van der Waals surface area contributed by atoms with E-state index in [-0.39, 0.29) is 46.6 Å². The van der Waals surface area contributed by atoms with Crippen LogP contribution >= 0.6 is 11.5 Å². The smallest absolute Gasteiger partial charge is 0.273 e. The van der Waals surface area contributed by atoms with Crippen molar-refractivity contribution in [1.29, 1.82) is 0 Å². The van der Waals surface area contributed by atoms with Crippen molar-refractivity contribution in [2.45, 2.75) is 13.0 Å². The molecule has 3 aromatic rings. The summed E-state index contributed by atoms with van der Waals surface area (Å²) in [6, 6.07) is 6.72. The minimum atomic E-state index is -1.30. The van der Waals surface area contributed by atoms with Crippen LogP contribution in [0.4, 0.5) is 11.4 Å². The quantitative estimate of drug-likeness (QED) is 0.321. The molecular formula is C23H27N5O7S. The summed E-state index contributed by atoms with van der Waals surface area (Å²) >= 11 is 0.689. The zero-order valence-electron chi connectivity index (χ0n) is 20.2. The third-order valence-corrected chi connectivity index (χ3v) is 6.01. The summed E-state index contributed by atoms with van der Waals surface area (Å²) in [5.41, 5.74) is 11.2. The van der Waals surface area contributed by atoms with Gasteiger partial charge in [0.25, 0.3) is 17.7 Å². The van der Waals surface area contributed by atoms with Gasteiger partial charge in [-0.3, -0.25) is 19.3 Å². The highest BCUT2D eigenvalue weighted by atomic mass is 32.1. The molecule has 2 heterocycles. The predicted octanol–water partition coefficient (Wildman–Crippen LogP) is 1.89. The summed E-state index contributed by atoms with van der Waals surface area (Å²) in [6.45, 7) is 2.13. The first-order chi connectivity index (χ1) is 17.2. The summed E-state index contributed by atoms with van der Waals surface area (Å²) in [5.74, 6) is -0.809. The Balaban J connectivity index is 2.26. The highest BCUT2D eigenvalue weighted by Gasteiger charge is 2.39. The van der Waals surface area contributed by atoms with Gasteiger partial charge in [0.05, 0.1) is 32.2 Å². The molecule has 12 nitrogen and oxygen atoms in total. The molecule has 0 spiro atoms. The summed E-state index contributed by atoms with van der Waals surface area (Å²) in [6.07, 6.45) is 0. The molecule has 0 bridgehead atoms. The number of nitrogens with one attached hydrogen (secondary N) is 1. The number of aryl methyl sites for hydroxylation is 1. The number of carbonyl (C=O) groups is 3. The monoisotopic (exact) mass is 517 g/mol. The molecule has 1 atom stereocenters. The van der Waals surface area contributed by atoms with Crippen molar-refractivity contribution >= 4 is 40.6 Å². The Morgan fingerprint density at radius 3 is 2.47 bits per heavy atom. The van der Waals surface area contributed by atoms with E-state index in [2.05, 4.69) is 9.69 Å². The van der Waals surface area contributed by atoms with Gasteiger partial charge in [-0.2, -0.15) is 4.37 Å². The second kappa shape index (κ2) is 11.6. The lowest BCUT2D eigenvalue weighted by molar-refractivity contribution is -0.123. The fourth-order valence-electron chi connectivity index (χ4n) is 3.44. The third-order valence-electron chi connectivity index (χ3n) is 5.16. The molecule has 0 aliphatic heterocycles. The zero-order valence-corrected chi connectivity index (χ0v) is 21.0. The number of nitrogens with zero attached hydrogens (tertiary/aromatic N) is 2. The summed E-state index contributed by atoms with van der Waals surface area (Å²) in [7, 11) is 4.38. The molecule has 3 amide bonds. The Kier molecular flexibility index (Phi) is 8.51. The number of methoxy groups -OCH3 is 3. The Hall–Kier alpha value is -4.10. The standard InChI is InChI=1S/C23H27N5O7S/c1-12-5-7-16(35-12)19(22(30)26-9-10-32-2)28(14-11-13(33-3)6-8-15(14)34-4)23(31)20-17(24)18(21(25)29)27-36-20/h5-8,11,19H,9-10,24H2,1-4H3,(H2,25,29)(H,26,30)/t19-/m0/s1. The van der Waals surface area contributed by atoms with Crippen molar-refractivity contribution in [3.63, 3.8) is 0 Å². The highest BCUT2D eigenvalue weighted by Crippen LogP contribution is 2.40.